The number of benzene rings is 1. The summed E-state index contributed by atoms with van der Waals surface area (Å²) in [4.78, 5) is 4.06. The first-order valence-electron chi connectivity index (χ1n) is 3.66. The van der Waals surface area contributed by atoms with Crippen molar-refractivity contribution in [2.75, 3.05) is 0 Å². The Morgan fingerprint density at radius 3 is 2.83 bits per heavy atom. The summed E-state index contributed by atoms with van der Waals surface area (Å²) in [7, 11) is 3.69. The SMILES string of the molecule is [CH2]n1c(CF)nc2ccccc21. The fourth-order valence-electron chi connectivity index (χ4n) is 1.23. The van der Waals surface area contributed by atoms with Gasteiger partial charge in [0.2, 0.25) is 0 Å². The minimum absolute atomic E-state index is 0.371. The van der Waals surface area contributed by atoms with Crippen LogP contribution >= 0.6 is 0 Å². The predicted octanol–water partition coefficient (Wildman–Crippen LogP) is 2.15. The Hall–Kier alpha value is -1.38. The number of nitrogens with zero attached hydrogens (tertiary/aromatic N) is 2. The van der Waals surface area contributed by atoms with Crippen molar-refractivity contribution < 1.29 is 4.39 Å². The fraction of sp³-hybridized carbons (Fsp3) is 0.111. The molecule has 0 aliphatic carbocycles. The molecule has 0 N–H and O–H groups in total. The van der Waals surface area contributed by atoms with Crippen LogP contribution in [0.5, 0.6) is 0 Å². The highest BCUT2D eigenvalue weighted by Crippen LogP contribution is 2.14. The number of fused-ring (bicyclic) bond motifs is 1. The maximum Gasteiger partial charge on any atom is 0.147 e. The van der Waals surface area contributed by atoms with Gasteiger partial charge in [-0.1, -0.05) is 12.1 Å². The van der Waals surface area contributed by atoms with Gasteiger partial charge in [-0.3, -0.25) is 0 Å². The van der Waals surface area contributed by atoms with Crippen molar-refractivity contribution >= 4 is 11.0 Å². The van der Waals surface area contributed by atoms with E-state index in [1.165, 1.54) is 4.57 Å². The minimum Gasteiger partial charge on any atom is -0.324 e. The third-order valence-corrected chi connectivity index (χ3v) is 1.85. The molecule has 3 heteroatoms. The molecule has 0 saturated heterocycles. The largest absolute Gasteiger partial charge is 0.324 e. The number of hydrogen-bond donors (Lipinski definition) is 0. The minimum atomic E-state index is -0.571. The number of aromatic nitrogens is 2. The van der Waals surface area contributed by atoms with E-state index in [0.717, 1.165) is 11.0 Å². The van der Waals surface area contributed by atoms with Gasteiger partial charge in [-0.2, -0.15) is 0 Å². The molecular formula is C9H8FN2. The standard InChI is InChI=1S/C9H8FN2/c1-12-8-5-3-2-4-7(8)11-9(12)6-10/h2-5H,1,6H2. The van der Waals surface area contributed by atoms with E-state index in [2.05, 4.69) is 12.0 Å². The summed E-state index contributed by atoms with van der Waals surface area (Å²) in [6, 6.07) is 7.47. The Morgan fingerprint density at radius 2 is 2.17 bits per heavy atom. The zero-order valence-corrected chi connectivity index (χ0v) is 6.50. The summed E-state index contributed by atoms with van der Waals surface area (Å²) < 4.78 is 13.8. The van der Waals surface area contributed by atoms with Crippen LogP contribution in [-0.4, -0.2) is 9.55 Å². The molecule has 0 bridgehead atoms. The van der Waals surface area contributed by atoms with Gasteiger partial charge in [0.05, 0.1) is 11.0 Å². The second kappa shape index (κ2) is 2.59. The zero-order valence-electron chi connectivity index (χ0n) is 6.50. The fourth-order valence-corrected chi connectivity index (χ4v) is 1.23. The molecule has 0 aliphatic rings. The topological polar surface area (TPSA) is 17.8 Å². The molecule has 1 heterocycles. The summed E-state index contributed by atoms with van der Waals surface area (Å²) in [5, 5.41) is 0. The van der Waals surface area contributed by atoms with E-state index in [4.69, 9.17) is 0 Å². The summed E-state index contributed by atoms with van der Waals surface area (Å²) in [5.74, 6) is 0.371. The maximum atomic E-state index is 12.3. The molecule has 1 radical (unpaired) electrons. The smallest absolute Gasteiger partial charge is 0.147 e. The van der Waals surface area contributed by atoms with Crippen LogP contribution in [0.4, 0.5) is 4.39 Å². The van der Waals surface area contributed by atoms with Gasteiger partial charge in [0.15, 0.2) is 0 Å². The van der Waals surface area contributed by atoms with E-state index in [1.54, 1.807) is 0 Å². The van der Waals surface area contributed by atoms with Crippen molar-refractivity contribution in [3.63, 3.8) is 0 Å². The lowest BCUT2D eigenvalue weighted by molar-refractivity contribution is 0.462. The number of halogens is 1. The van der Waals surface area contributed by atoms with Crippen LogP contribution < -0.4 is 0 Å². The summed E-state index contributed by atoms with van der Waals surface area (Å²) >= 11 is 0. The van der Waals surface area contributed by atoms with E-state index in [0.29, 0.717) is 5.82 Å². The van der Waals surface area contributed by atoms with Crippen LogP contribution in [0.3, 0.4) is 0 Å². The molecule has 12 heavy (non-hydrogen) atoms. The quantitative estimate of drug-likeness (QED) is 0.629. The van der Waals surface area contributed by atoms with Gasteiger partial charge in [-0.05, 0) is 12.1 Å². The summed E-state index contributed by atoms with van der Waals surface area (Å²) in [5.41, 5.74) is 1.66. The van der Waals surface area contributed by atoms with Gasteiger partial charge in [0, 0.05) is 7.05 Å². The molecule has 0 saturated carbocycles. The average molecular weight is 163 g/mol. The van der Waals surface area contributed by atoms with Crippen molar-refractivity contribution in [3.05, 3.63) is 37.1 Å². The third kappa shape index (κ3) is 0.897. The van der Waals surface area contributed by atoms with Crippen molar-refractivity contribution in [2.45, 2.75) is 6.67 Å². The molecule has 0 atom stereocenters. The Morgan fingerprint density at radius 1 is 1.42 bits per heavy atom. The maximum absolute atomic E-state index is 12.3. The monoisotopic (exact) mass is 163 g/mol. The lowest BCUT2D eigenvalue weighted by Crippen LogP contribution is -1.91. The van der Waals surface area contributed by atoms with Crippen LogP contribution in [-0.2, 0) is 6.67 Å². The molecule has 1 aromatic carbocycles. The molecule has 0 amide bonds. The average Bonchev–Trinajstić information content (AvgIpc) is 2.44. The first kappa shape index (κ1) is 7.28. The highest BCUT2D eigenvalue weighted by molar-refractivity contribution is 5.76. The van der Waals surface area contributed by atoms with Crippen LogP contribution in [0.2, 0.25) is 0 Å². The number of para-hydroxylation sites is 2. The Labute approximate surface area is 69.6 Å². The molecule has 0 aliphatic heterocycles. The van der Waals surface area contributed by atoms with E-state index < -0.39 is 6.67 Å². The second-order valence-corrected chi connectivity index (χ2v) is 2.58. The molecular weight excluding hydrogens is 155 g/mol. The number of rotatable bonds is 1. The van der Waals surface area contributed by atoms with Crippen LogP contribution in [0.15, 0.2) is 24.3 Å². The normalized spacial score (nSPS) is 10.8. The predicted molar refractivity (Wildman–Crippen MR) is 45.3 cm³/mol. The first-order chi connectivity index (χ1) is 5.83. The van der Waals surface area contributed by atoms with Crippen LogP contribution in [0.25, 0.3) is 11.0 Å². The van der Waals surface area contributed by atoms with Gasteiger partial charge in [-0.15, -0.1) is 0 Å². The lowest BCUT2D eigenvalue weighted by Gasteiger charge is -1.94. The molecule has 61 valence electrons. The molecule has 2 nitrogen and oxygen atoms in total. The Balaban J connectivity index is 2.78. The van der Waals surface area contributed by atoms with Crippen molar-refractivity contribution in [1.29, 1.82) is 0 Å². The van der Waals surface area contributed by atoms with Gasteiger partial charge in [0.25, 0.3) is 0 Å². The highest BCUT2D eigenvalue weighted by atomic mass is 19.1. The molecule has 0 unspecified atom stereocenters. The third-order valence-electron chi connectivity index (χ3n) is 1.85. The lowest BCUT2D eigenvalue weighted by atomic mass is 10.3. The first-order valence-corrected chi connectivity index (χ1v) is 3.66. The highest BCUT2D eigenvalue weighted by Gasteiger charge is 2.04. The van der Waals surface area contributed by atoms with Crippen molar-refractivity contribution in [2.24, 2.45) is 0 Å². The van der Waals surface area contributed by atoms with E-state index in [-0.39, 0.29) is 0 Å². The Bertz CT molecular complexity index is 406. The van der Waals surface area contributed by atoms with E-state index >= 15 is 0 Å². The summed E-state index contributed by atoms with van der Waals surface area (Å²) in [6.45, 7) is -0.571. The number of alkyl halides is 1. The Kier molecular flexibility index (Phi) is 1.57. The molecule has 1 aromatic heterocycles. The van der Waals surface area contributed by atoms with Crippen molar-refractivity contribution in [1.82, 2.24) is 9.55 Å². The number of hydrogen-bond acceptors (Lipinski definition) is 1. The van der Waals surface area contributed by atoms with Crippen molar-refractivity contribution in [3.8, 4) is 0 Å². The molecule has 2 rings (SSSR count). The van der Waals surface area contributed by atoms with Crippen LogP contribution in [0.1, 0.15) is 5.82 Å². The van der Waals surface area contributed by atoms with Gasteiger partial charge in [-0.25, -0.2) is 9.37 Å². The van der Waals surface area contributed by atoms with Gasteiger partial charge < -0.3 is 4.57 Å². The number of imidazole rings is 1. The second-order valence-electron chi connectivity index (χ2n) is 2.58. The van der Waals surface area contributed by atoms with Gasteiger partial charge in [0.1, 0.15) is 12.5 Å². The van der Waals surface area contributed by atoms with Gasteiger partial charge >= 0.3 is 0 Å². The van der Waals surface area contributed by atoms with E-state index in [1.807, 2.05) is 24.3 Å². The zero-order chi connectivity index (χ0) is 8.55. The van der Waals surface area contributed by atoms with E-state index in [9.17, 15) is 4.39 Å². The molecule has 0 spiro atoms. The molecule has 0 fully saturated rings. The summed E-state index contributed by atoms with van der Waals surface area (Å²) in [6.07, 6.45) is 0. The molecule has 2 aromatic rings. The van der Waals surface area contributed by atoms with Crippen LogP contribution in [0, 0.1) is 7.05 Å².